The molecule has 0 spiro atoms. The molecule has 0 atom stereocenters. The highest BCUT2D eigenvalue weighted by atomic mass is 15.1. The highest BCUT2D eigenvalue weighted by Crippen LogP contribution is 2.32. The van der Waals surface area contributed by atoms with E-state index in [2.05, 4.69) is 36.2 Å². The molecule has 0 saturated heterocycles. The Morgan fingerprint density at radius 1 is 0.774 bits per heavy atom. The van der Waals surface area contributed by atoms with Crippen LogP contribution < -0.4 is 0 Å². The number of nitrogens with one attached hydrogen (secondary N) is 2. The third-order valence-electron chi connectivity index (χ3n) is 5.31. The van der Waals surface area contributed by atoms with E-state index in [9.17, 15) is 0 Å². The predicted molar refractivity (Wildman–Crippen MR) is 120 cm³/mol. The molecule has 7 heteroatoms. The Labute approximate surface area is 177 Å². The molecule has 6 rings (SSSR count). The van der Waals surface area contributed by atoms with Gasteiger partial charge >= 0.3 is 0 Å². The van der Waals surface area contributed by atoms with Gasteiger partial charge in [0.2, 0.25) is 0 Å². The average molecular weight is 403 g/mol. The lowest BCUT2D eigenvalue weighted by atomic mass is 10.1. The lowest BCUT2D eigenvalue weighted by Gasteiger charge is -2.02. The van der Waals surface area contributed by atoms with Crippen LogP contribution in [0.1, 0.15) is 5.56 Å². The zero-order valence-electron chi connectivity index (χ0n) is 16.7. The molecule has 6 aromatic rings. The van der Waals surface area contributed by atoms with Gasteiger partial charge in [-0.25, -0.2) is 9.97 Å². The number of nitrogens with zero attached hydrogens (tertiary/aromatic N) is 5. The summed E-state index contributed by atoms with van der Waals surface area (Å²) in [6.45, 7) is 2.05. The van der Waals surface area contributed by atoms with Crippen LogP contribution in [0.15, 0.2) is 73.2 Å². The first-order valence-electron chi connectivity index (χ1n) is 9.94. The number of hydrogen-bond donors (Lipinski definition) is 2. The molecule has 0 fully saturated rings. The number of aryl methyl sites for hydroxylation is 1. The Hall–Kier alpha value is -4.39. The molecular formula is C24H17N7. The number of hydrogen-bond acceptors (Lipinski definition) is 5. The molecule has 0 aliphatic heterocycles. The summed E-state index contributed by atoms with van der Waals surface area (Å²) in [6, 6.07) is 17.9. The molecule has 0 saturated carbocycles. The van der Waals surface area contributed by atoms with Gasteiger partial charge in [0.15, 0.2) is 0 Å². The minimum atomic E-state index is 0.745. The monoisotopic (exact) mass is 403 g/mol. The van der Waals surface area contributed by atoms with Crippen LogP contribution in [0.4, 0.5) is 0 Å². The molecule has 148 valence electrons. The molecule has 6 aromatic heterocycles. The fraction of sp³-hybridized carbons (Fsp3) is 0.0417. The smallest absolute Gasteiger partial charge is 0.138 e. The second-order valence-electron chi connectivity index (χ2n) is 7.40. The van der Waals surface area contributed by atoms with Crippen LogP contribution in [0.3, 0.4) is 0 Å². The molecule has 6 heterocycles. The van der Waals surface area contributed by atoms with Gasteiger partial charge in [-0.3, -0.25) is 15.1 Å². The SMILES string of the molecule is Cc1ccnc(-c2ccc3[nH]nc(-c4cc5c(-c6ccccn6)ccnc5[nH]4)c3n2)c1. The Bertz CT molecular complexity index is 1550. The summed E-state index contributed by atoms with van der Waals surface area (Å²) >= 11 is 0. The van der Waals surface area contributed by atoms with Crippen molar-refractivity contribution in [3.05, 3.63) is 78.8 Å². The first kappa shape index (κ1) is 17.5. The van der Waals surface area contributed by atoms with Crippen molar-refractivity contribution in [2.75, 3.05) is 0 Å². The molecule has 0 radical (unpaired) electrons. The van der Waals surface area contributed by atoms with Crippen molar-refractivity contribution in [3.63, 3.8) is 0 Å². The van der Waals surface area contributed by atoms with Crippen molar-refractivity contribution in [3.8, 4) is 34.0 Å². The van der Waals surface area contributed by atoms with Crippen molar-refractivity contribution in [1.82, 2.24) is 35.1 Å². The van der Waals surface area contributed by atoms with Gasteiger partial charge in [0.05, 0.1) is 28.3 Å². The summed E-state index contributed by atoms with van der Waals surface area (Å²) in [6.07, 6.45) is 5.38. The van der Waals surface area contributed by atoms with Gasteiger partial charge in [-0.1, -0.05) is 6.07 Å². The maximum Gasteiger partial charge on any atom is 0.138 e. The van der Waals surface area contributed by atoms with Crippen molar-refractivity contribution in [2.45, 2.75) is 6.92 Å². The van der Waals surface area contributed by atoms with Crippen molar-refractivity contribution >= 4 is 22.1 Å². The van der Waals surface area contributed by atoms with E-state index in [1.54, 1.807) is 18.6 Å². The number of fused-ring (bicyclic) bond motifs is 2. The van der Waals surface area contributed by atoms with Crippen LogP contribution in [-0.4, -0.2) is 35.1 Å². The average Bonchev–Trinajstić information content (AvgIpc) is 3.43. The predicted octanol–water partition coefficient (Wildman–Crippen LogP) is 4.93. The molecule has 2 N–H and O–H groups in total. The van der Waals surface area contributed by atoms with E-state index >= 15 is 0 Å². The number of aromatic amines is 2. The summed E-state index contributed by atoms with van der Waals surface area (Å²) in [5.41, 5.74) is 8.73. The standard InChI is InChI=1S/C24H17N7/c1-14-7-10-26-20(12-14)18-5-6-19-22(28-18)23(31-30-19)21-13-16-15(8-11-27-24(16)29-21)17-4-2-3-9-25-17/h2-13H,1H3,(H,27,29)(H,30,31). The number of pyridine rings is 4. The first-order valence-corrected chi connectivity index (χ1v) is 9.94. The Kier molecular flexibility index (Phi) is 3.86. The van der Waals surface area contributed by atoms with Crippen LogP contribution in [0.25, 0.3) is 56.1 Å². The minimum Gasteiger partial charge on any atom is -0.338 e. The normalized spacial score (nSPS) is 11.4. The third-order valence-corrected chi connectivity index (χ3v) is 5.31. The molecule has 0 bridgehead atoms. The van der Waals surface area contributed by atoms with Gasteiger partial charge in [-0.15, -0.1) is 0 Å². The molecule has 0 unspecified atom stereocenters. The Morgan fingerprint density at radius 2 is 1.68 bits per heavy atom. The van der Waals surface area contributed by atoms with Gasteiger partial charge in [0.1, 0.15) is 16.9 Å². The molecule has 0 aromatic carbocycles. The van der Waals surface area contributed by atoms with E-state index in [1.165, 1.54) is 0 Å². The van der Waals surface area contributed by atoms with E-state index < -0.39 is 0 Å². The van der Waals surface area contributed by atoms with Gasteiger partial charge in [-0.2, -0.15) is 5.10 Å². The third kappa shape index (κ3) is 2.95. The quantitative estimate of drug-likeness (QED) is 0.437. The van der Waals surface area contributed by atoms with E-state index in [0.29, 0.717) is 0 Å². The summed E-state index contributed by atoms with van der Waals surface area (Å²) in [7, 11) is 0. The molecule has 0 aliphatic rings. The fourth-order valence-corrected chi connectivity index (χ4v) is 3.81. The topological polar surface area (TPSA) is 96.0 Å². The van der Waals surface area contributed by atoms with Crippen LogP contribution in [-0.2, 0) is 0 Å². The second-order valence-corrected chi connectivity index (χ2v) is 7.40. The van der Waals surface area contributed by atoms with Gasteiger partial charge < -0.3 is 4.98 Å². The van der Waals surface area contributed by atoms with Crippen molar-refractivity contribution < 1.29 is 0 Å². The number of H-pyrrole nitrogens is 2. The molecule has 31 heavy (non-hydrogen) atoms. The van der Waals surface area contributed by atoms with Crippen molar-refractivity contribution in [1.29, 1.82) is 0 Å². The zero-order chi connectivity index (χ0) is 20.8. The zero-order valence-corrected chi connectivity index (χ0v) is 16.7. The van der Waals surface area contributed by atoms with Crippen LogP contribution >= 0.6 is 0 Å². The van der Waals surface area contributed by atoms with E-state index in [1.807, 2.05) is 55.5 Å². The maximum atomic E-state index is 4.86. The van der Waals surface area contributed by atoms with Gasteiger partial charge in [0.25, 0.3) is 0 Å². The highest BCUT2D eigenvalue weighted by Gasteiger charge is 2.16. The van der Waals surface area contributed by atoms with E-state index in [-0.39, 0.29) is 0 Å². The summed E-state index contributed by atoms with van der Waals surface area (Å²) < 4.78 is 0. The Morgan fingerprint density at radius 3 is 2.55 bits per heavy atom. The molecular weight excluding hydrogens is 386 g/mol. The van der Waals surface area contributed by atoms with E-state index in [4.69, 9.17) is 4.98 Å². The van der Waals surface area contributed by atoms with Gasteiger partial charge in [-0.05, 0) is 61.0 Å². The molecule has 0 amide bonds. The second kappa shape index (κ2) is 6.84. The maximum absolute atomic E-state index is 4.86. The lowest BCUT2D eigenvalue weighted by Crippen LogP contribution is -1.89. The lowest BCUT2D eigenvalue weighted by molar-refractivity contribution is 1.12. The van der Waals surface area contributed by atoms with Gasteiger partial charge in [0, 0.05) is 29.5 Å². The minimum absolute atomic E-state index is 0.745. The highest BCUT2D eigenvalue weighted by molar-refractivity contribution is 5.98. The fourth-order valence-electron chi connectivity index (χ4n) is 3.81. The largest absolute Gasteiger partial charge is 0.338 e. The van der Waals surface area contributed by atoms with Crippen LogP contribution in [0, 0.1) is 6.92 Å². The first-order chi connectivity index (χ1) is 15.3. The Balaban J connectivity index is 1.51. The number of aromatic nitrogens is 7. The summed E-state index contributed by atoms with van der Waals surface area (Å²) in [5.74, 6) is 0. The summed E-state index contributed by atoms with van der Waals surface area (Å²) in [5, 5.41) is 8.60. The van der Waals surface area contributed by atoms with E-state index in [0.717, 1.165) is 61.7 Å². The van der Waals surface area contributed by atoms with Crippen molar-refractivity contribution in [2.24, 2.45) is 0 Å². The summed E-state index contributed by atoms with van der Waals surface area (Å²) in [4.78, 5) is 21.7. The number of rotatable bonds is 3. The molecule has 7 nitrogen and oxygen atoms in total. The van der Waals surface area contributed by atoms with Crippen LogP contribution in [0.2, 0.25) is 0 Å². The van der Waals surface area contributed by atoms with Crippen LogP contribution in [0.5, 0.6) is 0 Å². The molecule has 0 aliphatic carbocycles.